The highest BCUT2D eigenvalue weighted by molar-refractivity contribution is 6.04. The van der Waals surface area contributed by atoms with Crippen molar-refractivity contribution in [3.05, 3.63) is 59.2 Å². The van der Waals surface area contributed by atoms with Gasteiger partial charge in [-0.25, -0.2) is 0 Å². The number of hydrogen-bond acceptors (Lipinski definition) is 3. The van der Waals surface area contributed by atoms with Gasteiger partial charge in [-0.15, -0.1) is 0 Å². The number of fused-ring (bicyclic) bond motifs is 1. The molecule has 29 heavy (non-hydrogen) atoms. The Kier molecular flexibility index (Phi) is 7.28. The number of para-hydroxylation sites is 1. The summed E-state index contributed by atoms with van der Waals surface area (Å²) in [5.74, 6) is 0.286. The molecule has 0 aliphatic heterocycles. The Hall–Kier alpha value is -2.82. The normalized spacial score (nSPS) is 13.9. The maximum absolute atomic E-state index is 12.9. The van der Waals surface area contributed by atoms with E-state index in [1.807, 2.05) is 19.9 Å². The van der Waals surface area contributed by atoms with E-state index in [-0.39, 0.29) is 11.8 Å². The van der Waals surface area contributed by atoms with Gasteiger partial charge in [-0.1, -0.05) is 32.0 Å². The Labute approximate surface area is 172 Å². The van der Waals surface area contributed by atoms with Gasteiger partial charge >= 0.3 is 0 Å². The minimum absolute atomic E-state index is 0.189. The fourth-order valence-corrected chi connectivity index (χ4v) is 3.61. The third kappa shape index (κ3) is 5.37. The largest absolute Gasteiger partial charge is 0.481 e. The molecule has 0 spiro atoms. The first kappa shape index (κ1) is 20.9. The van der Waals surface area contributed by atoms with Gasteiger partial charge in [0, 0.05) is 6.54 Å². The molecule has 2 aromatic rings. The summed E-state index contributed by atoms with van der Waals surface area (Å²) in [5.41, 5.74) is 3.66. The number of carbonyl (C=O) groups is 2. The zero-order valence-electron chi connectivity index (χ0n) is 17.3. The highest BCUT2D eigenvalue weighted by atomic mass is 16.5. The Balaban J connectivity index is 1.70. The predicted octanol–water partition coefficient (Wildman–Crippen LogP) is 4.50. The van der Waals surface area contributed by atoms with Gasteiger partial charge in [0.15, 0.2) is 6.10 Å². The van der Waals surface area contributed by atoms with Crippen molar-refractivity contribution in [1.82, 2.24) is 5.32 Å². The van der Waals surface area contributed by atoms with Crippen molar-refractivity contribution in [3.63, 3.8) is 0 Å². The monoisotopic (exact) mass is 394 g/mol. The first-order chi connectivity index (χ1) is 14.1. The molecule has 2 N–H and O–H groups in total. The second-order valence-electron chi connectivity index (χ2n) is 7.44. The molecular weight excluding hydrogens is 364 g/mol. The molecule has 0 radical (unpaired) electrons. The number of rotatable bonds is 8. The zero-order chi connectivity index (χ0) is 20.6. The third-order valence-corrected chi connectivity index (χ3v) is 5.23. The lowest BCUT2D eigenvalue weighted by Crippen LogP contribution is -2.33. The van der Waals surface area contributed by atoms with Gasteiger partial charge in [0.25, 0.3) is 11.8 Å². The number of nitrogens with one attached hydrogen (secondary N) is 2. The molecule has 1 aliphatic rings. The minimum atomic E-state index is -0.622. The van der Waals surface area contributed by atoms with Crippen LogP contribution in [-0.4, -0.2) is 24.5 Å². The van der Waals surface area contributed by atoms with E-state index in [1.165, 1.54) is 24.0 Å². The Morgan fingerprint density at radius 3 is 2.55 bits per heavy atom. The molecule has 0 bridgehead atoms. The number of amides is 2. The number of ether oxygens (including phenoxy) is 1. The summed E-state index contributed by atoms with van der Waals surface area (Å²) in [6.45, 7) is 4.51. The van der Waals surface area contributed by atoms with Crippen LogP contribution in [0.3, 0.4) is 0 Å². The highest BCUT2D eigenvalue weighted by Gasteiger charge is 2.21. The summed E-state index contributed by atoms with van der Waals surface area (Å²) in [6, 6.07) is 13.2. The van der Waals surface area contributed by atoms with E-state index < -0.39 is 6.10 Å². The quantitative estimate of drug-likeness (QED) is 0.693. The summed E-state index contributed by atoms with van der Waals surface area (Å²) in [4.78, 5) is 25.2. The highest BCUT2D eigenvalue weighted by Crippen LogP contribution is 2.26. The van der Waals surface area contributed by atoms with Gasteiger partial charge < -0.3 is 15.4 Å². The predicted molar refractivity (Wildman–Crippen MR) is 115 cm³/mol. The van der Waals surface area contributed by atoms with Gasteiger partial charge in [-0.3, -0.25) is 9.59 Å². The summed E-state index contributed by atoms with van der Waals surface area (Å²) in [7, 11) is 0. The van der Waals surface area contributed by atoms with E-state index in [0.717, 1.165) is 25.0 Å². The molecule has 5 nitrogen and oxygen atoms in total. The van der Waals surface area contributed by atoms with E-state index in [2.05, 4.69) is 22.8 Å². The molecule has 1 aliphatic carbocycles. The van der Waals surface area contributed by atoms with Crippen LogP contribution in [0.25, 0.3) is 0 Å². The molecule has 0 saturated carbocycles. The zero-order valence-corrected chi connectivity index (χ0v) is 17.3. The molecule has 0 aromatic heterocycles. The van der Waals surface area contributed by atoms with Crippen molar-refractivity contribution >= 4 is 17.5 Å². The van der Waals surface area contributed by atoms with E-state index in [9.17, 15) is 9.59 Å². The topological polar surface area (TPSA) is 67.4 Å². The summed E-state index contributed by atoms with van der Waals surface area (Å²) >= 11 is 0. The fourth-order valence-electron chi connectivity index (χ4n) is 3.61. The number of hydrogen-bond donors (Lipinski definition) is 2. The van der Waals surface area contributed by atoms with Crippen molar-refractivity contribution < 1.29 is 14.3 Å². The van der Waals surface area contributed by atoms with Crippen LogP contribution in [0.1, 0.15) is 61.0 Å². The SMILES string of the molecule is CCCNC(=O)c1ccccc1NC(=O)[C@@H](CC)Oc1ccc2c(c1)CCCC2. The fraction of sp³-hybridized carbons (Fsp3) is 0.417. The Morgan fingerprint density at radius 2 is 1.79 bits per heavy atom. The van der Waals surface area contributed by atoms with Crippen molar-refractivity contribution in [2.24, 2.45) is 0 Å². The van der Waals surface area contributed by atoms with Crippen LogP contribution in [0.2, 0.25) is 0 Å². The number of benzene rings is 2. The second-order valence-corrected chi connectivity index (χ2v) is 7.44. The molecule has 5 heteroatoms. The van der Waals surface area contributed by atoms with Crippen LogP contribution in [0.15, 0.2) is 42.5 Å². The van der Waals surface area contributed by atoms with Crippen molar-refractivity contribution in [2.75, 3.05) is 11.9 Å². The molecule has 0 saturated heterocycles. The van der Waals surface area contributed by atoms with E-state index in [4.69, 9.17) is 4.74 Å². The Morgan fingerprint density at radius 1 is 1.03 bits per heavy atom. The second kappa shape index (κ2) is 10.1. The molecule has 2 amide bonds. The van der Waals surface area contributed by atoms with Crippen LogP contribution in [0.4, 0.5) is 5.69 Å². The first-order valence-corrected chi connectivity index (χ1v) is 10.6. The maximum atomic E-state index is 12.9. The average Bonchev–Trinajstić information content (AvgIpc) is 2.76. The molecule has 1 atom stereocenters. The van der Waals surface area contributed by atoms with Crippen molar-refractivity contribution in [3.8, 4) is 5.75 Å². The van der Waals surface area contributed by atoms with E-state index in [0.29, 0.717) is 24.2 Å². The summed E-state index contributed by atoms with van der Waals surface area (Å²) in [6.07, 6.45) is 5.38. The first-order valence-electron chi connectivity index (χ1n) is 10.6. The lowest BCUT2D eigenvalue weighted by atomic mass is 9.92. The van der Waals surface area contributed by atoms with Crippen LogP contribution in [0, 0.1) is 0 Å². The number of anilines is 1. The smallest absolute Gasteiger partial charge is 0.265 e. The third-order valence-electron chi connectivity index (χ3n) is 5.23. The minimum Gasteiger partial charge on any atom is -0.481 e. The van der Waals surface area contributed by atoms with Gasteiger partial charge in [0.2, 0.25) is 0 Å². The standard InChI is InChI=1S/C24H30N2O3/c1-3-15-25-23(27)20-11-7-8-12-21(20)26-24(28)22(4-2)29-19-14-13-17-9-5-6-10-18(17)16-19/h7-8,11-14,16,22H,3-6,9-10,15H2,1-2H3,(H,25,27)(H,26,28)/t22-/m1/s1. The lowest BCUT2D eigenvalue weighted by Gasteiger charge is -2.21. The van der Waals surface area contributed by atoms with Crippen molar-refractivity contribution in [2.45, 2.75) is 58.5 Å². The van der Waals surface area contributed by atoms with Crippen LogP contribution in [-0.2, 0) is 17.6 Å². The number of aryl methyl sites for hydroxylation is 2. The number of carbonyl (C=O) groups excluding carboxylic acids is 2. The molecule has 0 unspecified atom stereocenters. The van der Waals surface area contributed by atoms with Crippen LogP contribution >= 0.6 is 0 Å². The molecular formula is C24H30N2O3. The van der Waals surface area contributed by atoms with E-state index >= 15 is 0 Å². The lowest BCUT2D eigenvalue weighted by molar-refractivity contribution is -0.122. The van der Waals surface area contributed by atoms with Crippen LogP contribution in [0.5, 0.6) is 5.75 Å². The molecule has 0 heterocycles. The van der Waals surface area contributed by atoms with Crippen molar-refractivity contribution in [1.29, 1.82) is 0 Å². The Bertz CT molecular complexity index is 863. The molecule has 2 aromatic carbocycles. The maximum Gasteiger partial charge on any atom is 0.265 e. The molecule has 0 fully saturated rings. The molecule has 154 valence electrons. The average molecular weight is 395 g/mol. The van der Waals surface area contributed by atoms with Crippen LogP contribution < -0.4 is 15.4 Å². The van der Waals surface area contributed by atoms with Gasteiger partial charge in [-0.05, 0) is 73.9 Å². The van der Waals surface area contributed by atoms with Gasteiger partial charge in [-0.2, -0.15) is 0 Å². The summed E-state index contributed by atoms with van der Waals surface area (Å²) in [5, 5.41) is 5.73. The van der Waals surface area contributed by atoms with Gasteiger partial charge in [0.1, 0.15) is 5.75 Å². The van der Waals surface area contributed by atoms with E-state index in [1.54, 1.807) is 24.3 Å². The molecule has 3 rings (SSSR count). The summed E-state index contributed by atoms with van der Waals surface area (Å²) < 4.78 is 6.02. The van der Waals surface area contributed by atoms with Gasteiger partial charge in [0.05, 0.1) is 11.3 Å².